The first-order valence-corrected chi connectivity index (χ1v) is 9.30. The molecule has 2 atom stereocenters. The molecule has 4 nitrogen and oxygen atoms in total. The summed E-state index contributed by atoms with van der Waals surface area (Å²) in [6.45, 7) is 3.52. The van der Waals surface area contributed by atoms with Crippen LogP contribution in [0.1, 0.15) is 17.2 Å². The van der Waals surface area contributed by atoms with E-state index < -0.39 is 0 Å². The number of carbonyl (C=O) groups excluding carboxylic acids is 1. The van der Waals surface area contributed by atoms with Crippen LogP contribution >= 0.6 is 0 Å². The van der Waals surface area contributed by atoms with Crippen LogP contribution < -0.4 is 10.6 Å². The zero-order valence-corrected chi connectivity index (χ0v) is 15.4. The van der Waals surface area contributed by atoms with Crippen LogP contribution in [0.15, 0.2) is 72.9 Å². The van der Waals surface area contributed by atoms with Crippen molar-refractivity contribution in [2.75, 3.05) is 18.4 Å². The van der Waals surface area contributed by atoms with Gasteiger partial charge < -0.3 is 10.6 Å². The lowest BCUT2D eigenvalue weighted by Gasteiger charge is -2.18. The van der Waals surface area contributed by atoms with Gasteiger partial charge in [-0.2, -0.15) is 0 Å². The Morgan fingerprint density at radius 1 is 0.963 bits per heavy atom. The Morgan fingerprint density at radius 2 is 1.70 bits per heavy atom. The van der Waals surface area contributed by atoms with Gasteiger partial charge in [0.25, 0.3) is 0 Å². The van der Waals surface area contributed by atoms with Crippen LogP contribution in [0.2, 0.25) is 0 Å². The van der Waals surface area contributed by atoms with Gasteiger partial charge in [0.05, 0.1) is 5.92 Å². The molecule has 1 saturated heterocycles. The summed E-state index contributed by atoms with van der Waals surface area (Å²) in [6.07, 6.45) is 1.87. The first-order chi connectivity index (χ1) is 13.2. The zero-order chi connectivity index (χ0) is 18.6. The summed E-state index contributed by atoms with van der Waals surface area (Å²) in [5, 5.41) is 6.43. The molecule has 0 spiro atoms. The summed E-state index contributed by atoms with van der Waals surface area (Å²) in [7, 11) is 0. The third-order valence-electron chi connectivity index (χ3n) is 5.18. The Kier molecular flexibility index (Phi) is 4.99. The smallest absolute Gasteiger partial charge is 0.229 e. The van der Waals surface area contributed by atoms with Crippen molar-refractivity contribution in [1.29, 1.82) is 0 Å². The normalized spacial score (nSPS) is 19.0. The van der Waals surface area contributed by atoms with Crippen LogP contribution in [0.5, 0.6) is 0 Å². The molecule has 0 unspecified atom stereocenters. The molecule has 3 aromatic rings. The third-order valence-corrected chi connectivity index (χ3v) is 5.18. The first kappa shape index (κ1) is 17.4. The van der Waals surface area contributed by atoms with E-state index in [1.54, 1.807) is 0 Å². The largest absolute Gasteiger partial charge is 0.326 e. The number of hydrogen-bond donors (Lipinski definition) is 2. The average molecular weight is 357 g/mol. The monoisotopic (exact) mass is 357 g/mol. The number of amides is 1. The molecule has 4 heteroatoms. The fourth-order valence-electron chi connectivity index (χ4n) is 3.62. The van der Waals surface area contributed by atoms with Crippen LogP contribution in [0.4, 0.5) is 5.69 Å². The highest BCUT2D eigenvalue weighted by atomic mass is 16.1. The number of aromatic nitrogens is 1. The zero-order valence-electron chi connectivity index (χ0n) is 15.4. The van der Waals surface area contributed by atoms with Gasteiger partial charge in [0.15, 0.2) is 0 Å². The highest BCUT2D eigenvalue weighted by Gasteiger charge is 2.33. The molecule has 136 valence electrons. The molecule has 2 N–H and O–H groups in total. The van der Waals surface area contributed by atoms with E-state index in [1.807, 2.05) is 61.7 Å². The lowest BCUT2D eigenvalue weighted by molar-refractivity contribution is -0.119. The van der Waals surface area contributed by atoms with Crippen molar-refractivity contribution in [3.63, 3.8) is 0 Å². The van der Waals surface area contributed by atoms with E-state index >= 15 is 0 Å². The molecule has 0 bridgehead atoms. The maximum Gasteiger partial charge on any atom is 0.229 e. The van der Waals surface area contributed by atoms with Crippen molar-refractivity contribution in [2.45, 2.75) is 12.8 Å². The molecule has 0 radical (unpaired) electrons. The maximum absolute atomic E-state index is 12.8. The topological polar surface area (TPSA) is 54.0 Å². The van der Waals surface area contributed by atoms with Crippen molar-refractivity contribution in [1.82, 2.24) is 10.3 Å². The second-order valence-corrected chi connectivity index (χ2v) is 7.04. The molecule has 0 aliphatic carbocycles. The predicted octanol–water partition coefficient (Wildman–Crippen LogP) is 4.00. The number of carbonyl (C=O) groups is 1. The van der Waals surface area contributed by atoms with E-state index in [-0.39, 0.29) is 17.7 Å². The Balaban J connectivity index is 1.45. The number of rotatable bonds is 4. The van der Waals surface area contributed by atoms with Gasteiger partial charge in [-0.1, -0.05) is 48.5 Å². The molecule has 1 aliphatic heterocycles. The molecule has 2 aromatic carbocycles. The lowest BCUT2D eigenvalue weighted by Crippen LogP contribution is -2.28. The van der Waals surface area contributed by atoms with Crippen LogP contribution in [0, 0.1) is 12.8 Å². The summed E-state index contributed by atoms with van der Waals surface area (Å²) >= 11 is 0. The van der Waals surface area contributed by atoms with Crippen molar-refractivity contribution in [2.24, 2.45) is 5.92 Å². The number of anilines is 1. The third kappa shape index (κ3) is 3.91. The summed E-state index contributed by atoms with van der Waals surface area (Å²) in [5.74, 6) is 0.219. The quantitative estimate of drug-likeness (QED) is 0.742. The Morgan fingerprint density at radius 3 is 2.41 bits per heavy atom. The SMILES string of the molecule is Cc1ccc(-c2ccc(NC(=O)[C@@H]3CNC[C@H]3c3ccccc3)cc2)cn1. The summed E-state index contributed by atoms with van der Waals surface area (Å²) < 4.78 is 0. The minimum absolute atomic E-state index is 0.0617. The molecule has 2 heterocycles. The van der Waals surface area contributed by atoms with Crippen LogP contribution in [-0.4, -0.2) is 24.0 Å². The number of hydrogen-bond acceptors (Lipinski definition) is 3. The van der Waals surface area contributed by atoms with Crippen LogP contribution in [-0.2, 0) is 4.79 Å². The molecule has 0 saturated carbocycles. The fourth-order valence-corrected chi connectivity index (χ4v) is 3.62. The first-order valence-electron chi connectivity index (χ1n) is 9.30. The number of pyridine rings is 1. The van der Waals surface area contributed by atoms with Gasteiger partial charge in [0.1, 0.15) is 0 Å². The van der Waals surface area contributed by atoms with Gasteiger partial charge in [-0.3, -0.25) is 9.78 Å². The standard InChI is InChI=1S/C23H23N3O/c1-16-7-8-19(13-25-16)17-9-11-20(12-10-17)26-23(27)22-15-24-14-21(22)18-5-3-2-4-6-18/h2-13,21-22,24H,14-15H2,1H3,(H,26,27)/t21-,22+/m0/s1. The van der Waals surface area contributed by atoms with Gasteiger partial charge in [0, 0.05) is 42.1 Å². The Labute approximate surface area is 159 Å². The second kappa shape index (κ2) is 7.72. The number of nitrogens with one attached hydrogen (secondary N) is 2. The van der Waals surface area contributed by atoms with E-state index in [9.17, 15) is 4.79 Å². The van der Waals surface area contributed by atoms with Crippen molar-refractivity contribution in [3.8, 4) is 11.1 Å². The predicted molar refractivity (Wildman–Crippen MR) is 109 cm³/mol. The van der Waals surface area contributed by atoms with Gasteiger partial charge in [-0.15, -0.1) is 0 Å². The average Bonchev–Trinajstić information content (AvgIpc) is 3.20. The molecule has 1 fully saturated rings. The molecule has 4 rings (SSSR count). The van der Waals surface area contributed by atoms with Gasteiger partial charge >= 0.3 is 0 Å². The van der Waals surface area contributed by atoms with Crippen LogP contribution in [0.3, 0.4) is 0 Å². The minimum atomic E-state index is -0.0617. The number of nitrogens with zero attached hydrogens (tertiary/aromatic N) is 1. The lowest BCUT2D eigenvalue weighted by atomic mass is 9.88. The van der Waals surface area contributed by atoms with Gasteiger partial charge in [0.2, 0.25) is 5.91 Å². The molecule has 1 aromatic heterocycles. The molecular weight excluding hydrogens is 334 g/mol. The van der Waals surface area contributed by atoms with Crippen molar-refractivity contribution < 1.29 is 4.79 Å². The Hall–Kier alpha value is -2.98. The molecule has 1 amide bonds. The summed E-state index contributed by atoms with van der Waals surface area (Å²) in [5.41, 5.74) is 5.20. The van der Waals surface area contributed by atoms with Gasteiger partial charge in [-0.05, 0) is 36.2 Å². The Bertz CT molecular complexity index is 905. The highest BCUT2D eigenvalue weighted by Crippen LogP contribution is 2.29. The summed E-state index contributed by atoms with van der Waals surface area (Å²) in [6, 6.07) is 22.3. The molecular formula is C23H23N3O. The highest BCUT2D eigenvalue weighted by molar-refractivity contribution is 5.93. The van der Waals surface area contributed by atoms with E-state index in [0.29, 0.717) is 6.54 Å². The molecule has 1 aliphatic rings. The van der Waals surface area contributed by atoms with E-state index in [0.717, 1.165) is 29.1 Å². The fraction of sp³-hybridized carbons (Fsp3) is 0.217. The second-order valence-electron chi connectivity index (χ2n) is 7.04. The number of aryl methyl sites for hydroxylation is 1. The van der Waals surface area contributed by atoms with Crippen molar-refractivity contribution in [3.05, 3.63) is 84.2 Å². The number of benzene rings is 2. The molecule has 27 heavy (non-hydrogen) atoms. The van der Waals surface area contributed by atoms with Gasteiger partial charge in [-0.25, -0.2) is 0 Å². The van der Waals surface area contributed by atoms with E-state index in [1.165, 1.54) is 5.56 Å². The van der Waals surface area contributed by atoms with Crippen molar-refractivity contribution >= 4 is 11.6 Å². The van der Waals surface area contributed by atoms with E-state index in [4.69, 9.17) is 0 Å². The minimum Gasteiger partial charge on any atom is -0.326 e. The van der Waals surface area contributed by atoms with Crippen LogP contribution in [0.25, 0.3) is 11.1 Å². The maximum atomic E-state index is 12.8. The van der Waals surface area contributed by atoms with E-state index in [2.05, 4.69) is 33.8 Å². The summed E-state index contributed by atoms with van der Waals surface area (Å²) in [4.78, 5) is 17.2.